The van der Waals surface area contributed by atoms with Crippen LogP contribution in [0.1, 0.15) is 10.6 Å². The number of benzene rings is 1. The molecule has 0 spiro atoms. The number of nitrogens with zero attached hydrogens (tertiary/aromatic N) is 1. The van der Waals surface area contributed by atoms with E-state index in [1.807, 2.05) is 30.3 Å². The number of rotatable bonds is 4. The van der Waals surface area contributed by atoms with Crippen LogP contribution in [0.25, 0.3) is 11.0 Å². The molecule has 0 aliphatic carbocycles. The van der Waals surface area contributed by atoms with Gasteiger partial charge < -0.3 is 9.73 Å². The second-order valence-electron chi connectivity index (χ2n) is 4.30. The molecule has 2 N–H and O–H groups in total. The molecular weight excluding hydrogens is 270 g/mol. The van der Waals surface area contributed by atoms with Gasteiger partial charge in [-0.2, -0.15) is 0 Å². The topological polar surface area (TPSA) is 76.4 Å². The summed E-state index contributed by atoms with van der Waals surface area (Å²) in [5, 5.41) is 3.91. The van der Waals surface area contributed by atoms with Gasteiger partial charge in [-0.25, -0.2) is 5.48 Å². The van der Waals surface area contributed by atoms with E-state index in [-0.39, 0.29) is 5.76 Å². The minimum Gasteiger partial charge on any atom is -0.448 e. The van der Waals surface area contributed by atoms with Crippen LogP contribution < -0.4 is 10.8 Å². The maximum absolute atomic E-state index is 12.0. The summed E-state index contributed by atoms with van der Waals surface area (Å²) in [6, 6.07) is 11.2. The molecule has 0 saturated heterocycles. The lowest BCUT2D eigenvalue weighted by atomic mass is 10.2. The fourth-order valence-electron chi connectivity index (χ4n) is 2.03. The number of amides is 1. The fraction of sp³-hybridized carbons (Fsp3) is 0.0667. The van der Waals surface area contributed by atoms with Crippen LogP contribution in [-0.2, 0) is 4.84 Å². The van der Waals surface area contributed by atoms with E-state index >= 15 is 0 Å². The van der Waals surface area contributed by atoms with Crippen molar-refractivity contribution in [2.24, 2.45) is 0 Å². The highest BCUT2D eigenvalue weighted by Crippen LogP contribution is 2.32. The summed E-state index contributed by atoms with van der Waals surface area (Å²) in [5.41, 5.74) is 4.23. The second-order valence-corrected chi connectivity index (χ2v) is 4.30. The zero-order valence-electron chi connectivity index (χ0n) is 11.3. The summed E-state index contributed by atoms with van der Waals surface area (Å²) in [7, 11) is 1.37. The van der Waals surface area contributed by atoms with Crippen molar-refractivity contribution >= 4 is 28.3 Å². The Morgan fingerprint density at radius 1 is 1.24 bits per heavy atom. The quantitative estimate of drug-likeness (QED) is 0.720. The summed E-state index contributed by atoms with van der Waals surface area (Å²) < 4.78 is 5.59. The predicted octanol–water partition coefficient (Wildman–Crippen LogP) is 2.86. The molecule has 0 bridgehead atoms. The number of hydrogen-bond donors (Lipinski definition) is 2. The fourth-order valence-corrected chi connectivity index (χ4v) is 2.03. The Morgan fingerprint density at radius 2 is 2.05 bits per heavy atom. The van der Waals surface area contributed by atoms with Gasteiger partial charge in [0.25, 0.3) is 0 Å². The predicted molar refractivity (Wildman–Crippen MR) is 78.2 cm³/mol. The second kappa shape index (κ2) is 5.64. The van der Waals surface area contributed by atoms with E-state index in [4.69, 9.17) is 4.42 Å². The van der Waals surface area contributed by atoms with Crippen molar-refractivity contribution in [3.05, 3.63) is 54.6 Å². The molecular formula is C15H13N3O3. The standard InChI is InChI=1S/C15H13N3O3/c1-20-18-15(19)14-13(17-10-5-3-2-4-6-10)11-9-16-8-7-12(11)21-14/h2-9,17H,1H3,(H,18,19). The lowest BCUT2D eigenvalue weighted by Crippen LogP contribution is -2.22. The normalized spacial score (nSPS) is 10.5. The first-order valence-electron chi connectivity index (χ1n) is 6.31. The summed E-state index contributed by atoms with van der Waals surface area (Å²) in [4.78, 5) is 20.8. The molecule has 2 aromatic heterocycles. The molecule has 0 unspecified atom stereocenters. The average Bonchev–Trinajstić information content (AvgIpc) is 2.88. The molecule has 6 nitrogen and oxygen atoms in total. The largest absolute Gasteiger partial charge is 0.448 e. The maximum Gasteiger partial charge on any atom is 0.312 e. The molecule has 6 heteroatoms. The highest BCUT2D eigenvalue weighted by Gasteiger charge is 2.21. The third-order valence-corrected chi connectivity index (χ3v) is 2.93. The van der Waals surface area contributed by atoms with Crippen molar-refractivity contribution in [2.75, 3.05) is 12.4 Å². The Balaban J connectivity index is 2.09. The number of aromatic nitrogens is 1. The molecule has 0 aliphatic heterocycles. The highest BCUT2D eigenvalue weighted by atomic mass is 16.6. The number of hydroxylamine groups is 1. The van der Waals surface area contributed by atoms with Gasteiger partial charge in [-0.3, -0.25) is 14.6 Å². The van der Waals surface area contributed by atoms with Crippen molar-refractivity contribution in [1.29, 1.82) is 0 Å². The SMILES string of the molecule is CONC(=O)c1oc2ccncc2c1Nc1ccccc1. The molecule has 0 atom stereocenters. The monoisotopic (exact) mass is 283 g/mol. The van der Waals surface area contributed by atoms with Crippen LogP contribution in [0.5, 0.6) is 0 Å². The van der Waals surface area contributed by atoms with Gasteiger partial charge >= 0.3 is 5.91 Å². The smallest absolute Gasteiger partial charge is 0.312 e. The molecule has 1 amide bonds. The minimum atomic E-state index is -0.466. The maximum atomic E-state index is 12.0. The van der Waals surface area contributed by atoms with Crippen LogP contribution in [0.4, 0.5) is 11.4 Å². The van der Waals surface area contributed by atoms with Gasteiger partial charge in [0.15, 0.2) is 0 Å². The summed E-state index contributed by atoms with van der Waals surface area (Å²) in [6.45, 7) is 0. The Hall–Kier alpha value is -2.86. The van der Waals surface area contributed by atoms with Crippen molar-refractivity contribution in [3.8, 4) is 0 Å². The van der Waals surface area contributed by atoms with Gasteiger partial charge in [-0.1, -0.05) is 18.2 Å². The molecule has 0 saturated carbocycles. The Kier molecular flexibility index (Phi) is 3.53. The van der Waals surface area contributed by atoms with E-state index in [1.54, 1.807) is 18.5 Å². The van der Waals surface area contributed by atoms with Crippen molar-refractivity contribution < 1.29 is 14.0 Å². The van der Waals surface area contributed by atoms with Gasteiger partial charge in [0.2, 0.25) is 5.76 Å². The minimum absolute atomic E-state index is 0.142. The van der Waals surface area contributed by atoms with Crippen LogP contribution in [0.2, 0.25) is 0 Å². The zero-order chi connectivity index (χ0) is 14.7. The number of nitrogens with one attached hydrogen (secondary N) is 2. The van der Waals surface area contributed by atoms with Crippen molar-refractivity contribution in [2.45, 2.75) is 0 Å². The molecule has 2 heterocycles. The molecule has 0 radical (unpaired) electrons. The van der Waals surface area contributed by atoms with Crippen LogP contribution >= 0.6 is 0 Å². The average molecular weight is 283 g/mol. The van der Waals surface area contributed by atoms with E-state index in [9.17, 15) is 4.79 Å². The van der Waals surface area contributed by atoms with Crippen molar-refractivity contribution in [3.63, 3.8) is 0 Å². The van der Waals surface area contributed by atoms with Crippen LogP contribution in [-0.4, -0.2) is 18.0 Å². The van der Waals surface area contributed by atoms with Crippen LogP contribution in [0.3, 0.4) is 0 Å². The number of carbonyl (C=O) groups excluding carboxylic acids is 1. The van der Waals surface area contributed by atoms with Crippen LogP contribution in [0.15, 0.2) is 53.2 Å². The molecule has 106 valence electrons. The van der Waals surface area contributed by atoms with E-state index in [2.05, 4.69) is 20.6 Å². The van der Waals surface area contributed by atoms with E-state index in [1.165, 1.54) is 7.11 Å². The van der Waals surface area contributed by atoms with Gasteiger partial charge in [0.1, 0.15) is 11.3 Å². The lowest BCUT2D eigenvalue weighted by Gasteiger charge is -2.06. The third-order valence-electron chi connectivity index (χ3n) is 2.93. The zero-order valence-corrected chi connectivity index (χ0v) is 11.3. The third kappa shape index (κ3) is 2.56. The first-order valence-corrected chi connectivity index (χ1v) is 6.31. The van der Waals surface area contributed by atoms with Gasteiger partial charge in [0.05, 0.1) is 12.5 Å². The number of furan rings is 1. The summed E-state index contributed by atoms with van der Waals surface area (Å²) in [6.07, 6.45) is 3.25. The molecule has 0 fully saturated rings. The number of hydrogen-bond acceptors (Lipinski definition) is 5. The van der Waals surface area contributed by atoms with Crippen molar-refractivity contribution in [1.82, 2.24) is 10.5 Å². The Labute approximate surface area is 120 Å². The lowest BCUT2D eigenvalue weighted by molar-refractivity contribution is 0.0513. The number of pyridine rings is 1. The molecule has 0 aliphatic rings. The Morgan fingerprint density at radius 3 is 2.81 bits per heavy atom. The summed E-state index contributed by atoms with van der Waals surface area (Å²) in [5.74, 6) is -0.323. The first-order chi connectivity index (χ1) is 10.3. The first kappa shape index (κ1) is 13.1. The number of anilines is 2. The van der Waals surface area contributed by atoms with Gasteiger partial charge in [0, 0.05) is 18.1 Å². The molecule has 1 aromatic carbocycles. The number of fused-ring (bicyclic) bond motifs is 1. The number of carbonyl (C=O) groups is 1. The number of para-hydroxylation sites is 1. The van der Waals surface area contributed by atoms with E-state index < -0.39 is 5.91 Å². The van der Waals surface area contributed by atoms with E-state index in [0.717, 1.165) is 11.1 Å². The van der Waals surface area contributed by atoms with E-state index in [0.29, 0.717) is 11.3 Å². The van der Waals surface area contributed by atoms with Crippen LogP contribution in [0, 0.1) is 0 Å². The molecule has 3 rings (SSSR count). The van der Waals surface area contributed by atoms with Gasteiger partial charge in [-0.15, -0.1) is 0 Å². The molecule has 3 aromatic rings. The highest BCUT2D eigenvalue weighted by molar-refractivity contribution is 6.06. The van der Waals surface area contributed by atoms with Gasteiger partial charge in [-0.05, 0) is 18.2 Å². The Bertz CT molecular complexity index is 768. The molecule has 21 heavy (non-hydrogen) atoms. The summed E-state index contributed by atoms with van der Waals surface area (Å²) >= 11 is 0.